The van der Waals surface area contributed by atoms with Crippen LogP contribution in [0.25, 0.3) is 0 Å². The number of hydrogen-bond acceptors (Lipinski definition) is 3. The Morgan fingerprint density at radius 1 is 1.24 bits per heavy atom. The van der Waals surface area contributed by atoms with Crippen molar-refractivity contribution in [2.75, 3.05) is 26.2 Å². The van der Waals surface area contributed by atoms with Gasteiger partial charge in [0.1, 0.15) is 0 Å². The second-order valence-electron chi connectivity index (χ2n) is 5.58. The molecule has 1 aromatic carbocycles. The fraction of sp³-hybridized carbons (Fsp3) is 0.588. The second-order valence-corrected chi connectivity index (χ2v) is 5.58. The molecule has 2 N–H and O–H groups in total. The molecule has 0 aliphatic carbocycles. The third-order valence-electron chi connectivity index (χ3n) is 3.97. The minimum atomic E-state index is 0.280. The summed E-state index contributed by atoms with van der Waals surface area (Å²) in [4.78, 5) is 14.2. The number of piperidine rings is 1. The van der Waals surface area contributed by atoms with Crippen molar-refractivity contribution >= 4 is 5.91 Å². The fourth-order valence-corrected chi connectivity index (χ4v) is 2.75. The van der Waals surface area contributed by atoms with E-state index in [9.17, 15) is 4.79 Å². The molecule has 0 radical (unpaired) electrons. The van der Waals surface area contributed by atoms with Crippen LogP contribution < -0.4 is 5.73 Å². The first-order valence-electron chi connectivity index (χ1n) is 7.93. The molecular weight excluding hydrogens is 264 g/mol. The molecule has 0 bridgehead atoms. The fourth-order valence-electron chi connectivity index (χ4n) is 2.75. The topological polar surface area (TPSA) is 55.6 Å². The van der Waals surface area contributed by atoms with Crippen molar-refractivity contribution in [1.82, 2.24) is 4.90 Å². The summed E-state index contributed by atoms with van der Waals surface area (Å²) >= 11 is 0. The molecule has 0 spiro atoms. The molecule has 0 atom stereocenters. The van der Waals surface area contributed by atoms with Gasteiger partial charge >= 0.3 is 0 Å². The number of likely N-dealkylation sites (tertiary alicyclic amines) is 1. The molecule has 116 valence electrons. The minimum absolute atomic E-state index is 0.280. The Labute approximate surface area is 127 Å². The van der Waals surface area contributed by atoms with Gasteiger partial charge in [-0.2, -0.15) is 0 Å². The van der Waals surface area contributed by atoms with Gasteiger partial charge in [0.15, 0.2) is 0 Å². The van der Waals surface area contributed by atoms with E-state index >= 15 is 0 Å². The minimum Gasteiger partial charge on any atom is -0.377 e. The number of nitrogens with two attached hydrogens (primary N) is 1. The molecule has 0 unspecified atom stereocenters. The highest BCUT2D eigenvalue weighted by Crippen LogP contribution is 2.15. The predicted octanol–water partition coefficient (Wildman–Crippen LogP) is 1.98. The van der Waals surface area contributed by atoms with Crippen LogP contribution in [0, 0.1) is 0 Å². The zero-order chi connectivity index (χ0) is 14.9. The number of carbonyl (C=O) groups excluding carboxylic acids is 1. The maximum atomic E-state index is 12.2. The Bertz CT molecular complexity index is 414. The second kappa shape index (κ2) is 8.80. The Morgan fingerprint density at radius 3 is 2.62 bits per heavy atom. The van der Waals surface area contributed by atoms with Crippen LogP contribution in [-0.2, 0) is 16.0 Å². The average molecular weight is 290 g/mol. The van der Waals surface area contributed by atoms with Crippen molar-refractivity contribution in [1.29, 1.82) is 0 Å². The lowest BCUT2D eigenvalue weighted by Gasteiger charge is -2.32. The number of amides is 1. The van der Waals surface area contributed by atoms with Crippen LogP contribution in [0.3, 0.4) is 0 Å². The molecule has 21 heavy (non-hydrogen) atoms. The summed E-state index contributed by atoms with van der Waals surface area (Å²) in [5, 5.41) is 0. The molecule has 0 aromatic heterocycles. The first-order chi connectivity index (χ1) is 10.3. The van der Waals surface area contributed by atoms with E-state index in [1.54, 1.807) is 0 Å². The molecule has 1 aliphatic rings. The molecule has 0 saturated carbocycles. The van der Waals surface area contributed by atoms with Gasteiger partial charge in [0.2, 0.25) is 5.91 Å². The van der Waals surface area contributed by atoms with Gasteiger partial charge in [-0.05, 0) is 31.2 Å². The number of benzene rings is 1. The zero-order valence-corrected chi connectivity index (χ0v) is 12.7. The molecule has 4 nitrogen and oxygen atoms in total. The van der Waals surface area contributed by atoms with Crippen molar-refractivity contribution in [3.63, 3.8) is 0 Å². The average Bonchev–Trinajstić information content (AvgIpc) is 2.54. The van der Waals surface area contributed by atoms with Crippen LogP contribution in [0.4, 0.5) is 0 Å². The largest absolute Gasteiger partial charge is 0.377 e. The van der Waals surface area contributed by atoms with Crippen molar-refractivity contribution < 1.29 is 9.53 Å². The van der Waals surface area contributed by atoms with Crippen molar-refractivity contribution in [2.24, 2.45) is 5.73 Å². The number of rotatable bonds is 7. The van der Waals surface area contributed by atoms with E-state index in [1.165, 1.54) is 5.56 Å². The zero-order valence-electron chi connectivity index (χ0n) is 12.7. The van der Waals surface area contributed by atoms with E-state index in [-0.39, 0.29) is 12.0 Å². The maximum Gasteiger partial charge on any atom is 0.222 e. The lowest BCUT2D eigenvalue weighted by atomic mass is 10.1. The monoisotopic (exact) mass is 290 g/mol. The highest BCUT2D eigenvalue weighted by atomic mass is 16.5. The summed E-state index contributed by atoms with van der Waals surface area (Å²) < 4.78 is 5.64. The highest BCUT2D eigenvalue weighted by molar-refractivity contribution is 5.76. The number of hydrogen-bond donors (Lipinski definition) is 1. The smallest absolute Gasteiger partial charge is 0.222 e. The van der Waals surface area contributed by atoms with E-state index in [0.717, 1.165) is 38.8 Å². The number of aryl methyl sites for hydroxylation is 1. The molecule has 1 aliphatic heterocycles. The van der Waals surface area contributed by atoms with Gasteiger partial charge in [0.25, 0.3) is 0 Å². The van der Waals surface area contributed by atoms with E-state index in [4.69, 9.17) is 10.5 Å². The van der Waals surface area contributed by atoms with Crippen molar-refractivity contribution in [2.45, 2.75) is 38.2 Å². The van der Waals surface area contributed by atoms with E-state index in [1.807, 2.05) is 23.1 Å². The lowest BCUT2D eigenvalue weighted by Crippen LogP contribution is -2.41. The number of ether oxygens (including phenoxy) is 1. The van der Waals surface area contributed by atoms with Gasteiger partial charge in [-0.1, -0.05) is 30.3 Å². The standard InChI is InChI=1S/C17H26N2O2/c18-11-14-21-16-9-12-19(13-10-16)17(20)8-4-7-15-5-2-1-3-6-15/h1-3,5-6,16H,4,7-14,18H2. The van der Waals surface area contributed by atoms with E-state index in [2.05, 4.69) is 12.1 Å². The molecule has 1 saturated heterocycles. The molecule has 1 heterocycles. The van der Waals surface area contributed by atoms with Gasteiger partial charge < -0.3 is 15.4 Å². The van der Waals surface area contributed by atoms with Crippen LogP contribution in [0.5, 0.6) is 0 Å². The van der Waals surface area contributed by atoms with Crippen molar-refractivity contribution in [3.05, 3.63) is 35.9 Å². The number of nitrogens with zero attached hydrogens (tertiary/aromatic N) is 1. The molecular formula is C17H26N2O2. The summed E-state index contributed by atoms with van der Waals surface area (Å²) in [7, 11) is 0. The Hall–Kier alpha value is -1.39. The van der Waals surface area contributed by atoms with Gasteiger partial charge in [0, 0.05) is 26.1 Å². The Morgan fingerprint density at radius 2 is 1.95 bits per heavy atom. The normalized spacial score (nSPS) is 16.1. The van der Waals surface area contributed by atoms with Crippen LogP contribution in [0.15, 0.2) is 30.3 Å². The third kappa shape index (κ3) is 5.48. The molecule has 2 rings (SSSR count). The molecule has 1 aromatic rings. The van der Waals surface area contributed by atoms with Crippen LogP contribution >= 0.6 is 0 Å². The molecule has 1 fully saturated rings. The number of carbonyl (C=O) groups is 1. The van der Waals surface area contributed by atoms with Gasteiger partial charge in [0.05, 0.1) is 12.7 Å². The first-order valence-corrected chi connectivity index (χ1v) is 7.93. The summed E-state index contributed by atoms with van der Waals surface area (Å²) in [6, 6.07) is 10.3. The predicted molar refractivity (Wildman–Crippen MR) is 84.0 cm³/mol. The van der Waals surface area contributed by atoms with Gasteiger partial charge in [-0.25, -0.2) is 0 Å². The molecule has 4 heteroatoms. The van der Waals surface area contributed by atoms with E-state index < -0.39 is 0 Å². The summed E-state index contributed by atoms with van der Waals surface area (Å²) in [6.07, 6.45) is 4.69. The van der Waals surface area contributed by atoms with Crippen LogP contribution in [-0.4, -0.2) is 43.2 Å². The van der Waals surface area contributed by atoms with Gasteiger partial charge in [-0.15, -0.1) is 0 Å². The molecule has 1 amide bonds. The SMILES string of the molecule is NCCOC1CCN(C(=O)CCCc2ccccc2)CC1. The maximum absolute atomic E-state index is 12.2. The summed E-state index contributed by atoms with van der Waals surface area (Å²) in [5.74, 6) is 0.281. The Kier molecular flexibility index (Phi) is 6.70. The van der Waals surface area contributed by atoms with Crippen LogP contribution in [0.1, 0.15) is 31.2 Å². The third-order valence-corrected chi connectivity index (χ3v) is 3.97. The van der Waals surface area contributed by atoms with E-state index in [0.29, 0.717) is 19.6 Å². The van der Waals surface area contributed by atoms with Crippen molar-refractivity contribution in [3.8, 4) is 0 Å². The highest BCUT2D eigenvalue weighted by Gasteiger charge is 2.22. The Balaban J connectivity index is 1.63. The van der Waals surface area contributed by atoms with Crippen LogP contribution in [0.2, 0.25) is 0 Å². The first kappa shape index (κ1) is 16.0. The van der Waals surface area contributed by atoms with Gasteiger partial charge in [-0.3, -0.25) is 4.79 Å². The summed E-state index contributed by atoms with van der Waals surface area (Å²) in [5.41, 5.74) is 6.74. The quantitative estimate of drug-likeness (QED) is 0.835. The lowest BCUT2D eigenvalue weighted by molar-refractivity contribution is -0.133. The summed E-state index contributed by atoms with van der Waals surface area (Å²) in [6.45, 7) is 2.83.